The normalized spacial score (nSPS) is 20.5. The molecule has 22 heavy (non-hydrogen) atoms. The molecule has 0 spiro atoms. The van der Waals surface area contributed by atoms with Crippen molar-refractivity contribution in [2.45, 2.75) is 26.1 Å². The first-order valence-corrected chi connectivity index (χ1v) is 8.54. The highest BCUT2D eigenvalue weighted by Gasteiger charge is 2.36. The summed E-state index contributed by atoms with van der Waals surface area (Å²) in [4.78, 5) is 0. The average molecular weight is 316 g/mol. The number of anilines is 2. The van der Waals surface area contributed by atoms with Gasteiger partial charge in [-0.1, -0.05) is 30.3 Å². The van der Waals surface area contributed by atoms with Crippen molar-refractivity contribution < 1.29 is 13.8 Å². The summed E-state index contributed by atoms with van der Waals surface area (Å²) in [5, 5.41) is 0. The van der Waals surface area contributed by atoms with E-state index in [2.05, 4.69) is 6.92 Å². The Kier molecular flexibility index (Phi) is 4.53. The van der Waals surface area contributed by atoms with Gasteiger partial charge in [-0.15, -0.1) is 9.19 Å². The Morgan fingerprint density at radius 1 is 1.09 bits per heavy atom. The molecule has 4 nitrogen and oxygen atoms in total. The van der Waals surface area contributed by atoms with Crippen molar-refractivity contribution in [2.24, 2.45) is 0 Å². The predicted molar refractivity (Wildman–Crippen MR) is 87.5 cm³/mol. The lowest BCUT2D eigenvalue weighted by Crippen LogP contribution is -2.08. The quantitative estimate of drug-likeness (QED) is 0.557. The van der Waals surface area contributed by atoms with Gasteiger partial charge in [-0.25, -0.2) is 0 Å². The third-order valence-electron chi connectivity index (χ3n) is 3.58. The van der Waals surface area contributed by atoms with Gasteiger partial charge in [0.2, 0.25) is 0 Å². The number of benzene rings is 2. The van der Waals surface area contributed by atoms with Gasteiger partial charge in [0, 0.05) is 0 Å². The molecule has 1 unspecified atom stereocenters. The molecule has 0 amide bonds. The van der Waals surface area contributed by atoms with Crippen LogP contribution in [0.15, 0.2) is 54.6 Å². The minimum atomic E-state index is -1.96. The van der Waals surface area contributed by atoms with E-state index in [-0.39, 0.29) is 12.2 Å². The number of epoxide rings is 1. The van der Waals surface area contributed by atoms with Gasteiger partial charge >= 0.3 is 8.18 Å². The summed E-state index contributed by atoms with van der Waals surface area (Å²) >= 11 is 0. The number of rotatable bonds is 6. The van der Waals surface area contributed by atoms with E-state index in [1.807, 2.05) is 61.5 Å². The maximum Gasteiger partial charge on any atom is 0.650 e. The third-order valence-corrected chi connectivity index (χ3v) is 4.85. The standard InChI is InChI=1S/C17H19NO3P/c1-3-20-22(19)18(15-7-5-4-6-8-15)16-11-9-14(10-12-16)17-13(2)21-17/h4-13,17H,3H2,1-2H3/q+1/t13-,17-/m1/s1. The molecule has 3 rings (SSSR count). The highest BCUT2D eigenvalue weighted by molar-refractivity contribution is 7.41. The molecule has 1 saturated heterocycles. The molecule has 0 radical (unpaired) electrons. The second-order valence-corrected chi connectivity index (χ2v) is 6.29. The van der Waals surface area contributed by atoms with Crippen LogP contribution >= 0.6 is 8.18 Å². The number of para-hydroxylation sites is 1. The maximum atomic E-state index is 12.5. The van der Waals surface area contributed by atoms with E-state index in [0.29, 0.717) is 6.61 Å². The Morgan fingerprint density at radius 2 is 1.68 bits per heavy atom. The minimum absolute atomic E-state index is 0.194. The summed E-state index contributed by atoms with van der Waals surface area (Å²) in [5.41, 5.74) is 2.84. The van der Waals surface area contributed by atoms with Crippen LogP contribution in [-0.2, 0) is 13.8 Å². The lowest BCUT2D eigenvalue weighted by Gasteiger charge is -2.12. The maximum absolute atomic E-state index is 12.5. The van der Waals surface area contributed by atoms with Gasteiger partial charge < -0.3 is 4.74 Å². The van der Waals surface area contributed by atoms with Crippen LogP contribution in [0.1, 0.15) is 25.5 Å². The molecule has 0 aliphatic carbocycles. The van der Waals surface area contributed by atoms with E-state index < -0.39 is 8.18 Å². The monoisotopic (exact) mass is 316 g/mol. The molecule has 1 aliphatic heterocycles. The van der Waals surface area contributed by atoms with Gasteiger partial charge in [0.25, 0.3) is 0 Å². The van der Waals surface area contributed by atoms with Crippen molar-refractivity contribution in [3.05, 3.63) is 60.2 Å². The number of ether oxygens (including phenoxy) is 1. The molecular weight excluding hydrogens is 297 g/mol. The lowest BCUT2D eigenvalue weighted by atomic mass is 10.1. The zero-order valence-corrected chi connectivity index (χ0v) is 13.6. The molecule has 3 atom stereocenters. The van der Waals surface area contributed by atoms with Gasteiger partial charge in [-0.2, -0.15) is 0 Å². The lowest BCUT2D eigenvalue weighted by molar-refractivity contribution is 0.350. The Labute approximate surface area is 131 Å². The zero-order chi connectivity index (χ0) is 15.5. The van der Waals surface area contributed by atoms with Crippen molar-refractivity contribution in [2.75, 3.05) is 11.3 Å². The molecule has 0 saturated carbocycles. The van der Waals surface area contributed by atoms with Crippen molar-refractivity contribution >= 4 is 19.6 Å². The molecule has 2 aromatic carbocycles. The van der Waals surface area contributed by atoms with Crippen LogP contribution in [0.3, 0.4) is 0 Å². The first-order chi connectivity index (χ1) is 10.7. The summed E-state index contributed by atoms with van der Waals surface area (Å²) < 4.78 is 25.0. The van der Waals surface area contributed by atoms with Crippen molar-refractivity contribution in [1.29, 1.82) is 0 Å². The fourth-order valence-corrected chi connectivity index (χ4v) is 3.40. The molecular formula is C17H19NO3P+. The van der Waals surface area contributed by atoms with Crippen LogP contribution in [0.4, 0.5) is 11.4 Å². The van der Waals surface area contributed by atoms with Gasteiger partial charge in [0.1, 0.15) is 12.7 Å². The van der Waals surface area contributed by atoms with Crippen LogP contribution in [-0.4, -0.2) is 12.7 Å². The fourth-order valence-electron chi connectivity index (χ4n) is 2.42. The van der Waals surface area contributed by atoms with E-state index in [0.717, 1.165) is 16.9 Å². The van der Waals surface area contributed by atoms with Crippen LogP contribution in [0.2, 0.25) is 0 Å². The first-order valence-electron chi connectivity index (χ1n) is 7.41. The number of nitrogens with zero attached hydrogens (tertiary/aromatic N) is 1. The van der Waals surface area contributed by atoms with Crippen LogP contribution in [0, 0.1) is 0 Å². The molecule has 2 aromatic rings. The molecule has 1 heterocycles. The van der Waals surface area contributed by atoms with Gasteiger partial charge in [-0.3, -0.25) is 0 Å². The van der Waals surface area contributed by atoms with Crippen LogP contribution in [0.5, 0.6) is 0 Å². The SMILES string of the molecule is CCO[P+](=O)N(c1ccccc1)c1ccc([C@@H]2O[C@@H]2C)cc1. The highest BCUT2D eigenvalue weighted by Crippen LogP contribution is 2.43. The van der Waals surface area contributed by atoms with E-state index in [1.54, 1.807) is 4.67 Å². The van der Waals surface area contributed by atoms with Gasteiger partial charge in [0.15, 0.2) is 0 Å². The molecule has 1 aliphatic rings. The summed E-state index contributed by atoms with van der Waals surface area (Å²) in [6.45, 7) is 4.30. The number of hydrogen-bond acceptors (Lipinski definition) is 3. The Hall–Kier alpha value is -1.74. The highest BCUT2D eigenvalue weighted by atomic mass is 31.1. The van der Waals surface area contributed by atoms with Gasteiger partial charge in [0.05, 0.1) is 17.5 Å². The Balaban J connectivity index is 1.90. The van der Waals surface area contributed by atoms with Crippen LogP contribution < -0.4 is 4.67 Å². The predicted octanol–water partition coefficient (Wildman–Crippen LogP) is 4.98. The average Bonchev–Trinajstić information content (AvgIpc) is 3.26. The van der Waals surface area contributed by atoms with Crippen molar-refractivity contribution in [1.82, 2.24) is 0 Å². The third kappa shape index (κ3) is 3.20. The fraction of sp³-hybridized carbons (Fsp3) is 0.294. The van der Waals surface area contributed by atoms with E-state index in [4.69, 9.17) is 9.26 Å². The molecule has 5 heteroatoms. The van der Waals surface area contributed by atoms with Crippen molar-refractivity contribution in [3.63, 3.8) is 0 Å². The van der Waals surface area contributed by atoms with Crippen LogP contribution in [0.25, 0.3) is 0 Å². The smallest absolute Gasteiger partial charge is 0.365 e. The largest absolute Gasteiger partial charge is 0.650 e. The second kappa shape index (κ2) is 6.57. The van der Waals surface area contributed by atoms with E-state index in [1.165, 1.54) is 0 Å². The van der Waals surface area contributed by atoms with Gasteiger partial charge in [-0.05, 0) is 48.2 Å². The zero-order valence-electron chi connectivity index (χ0n) is 12.7. The molecule has 0 bridgehead atoms. The molecule has 0 N–H and O–H groups in total. The Bertz CT molecular complexity index is 645. The number of hydrogen-bond donors (Lipinski definition) is 0. The Morgan fingerprint density at radius 3 is 2.23 bits per heavy atom. The minimum Gasteiger partial charge on any atom is -0.365 e. The summed E-state index contributed by atoms with van der Waals surface area (Å²) in [7, 11) is -1.96. The second-order valence-electron chi connectivity index (χ2n) is 5.16. The molecule has 114 valence electrons. The first kappa shape index (κ1) is 15.2. The van der Waals surface area contributed by atoms with E-state index in [9.17, 15) is 4.57 Å². The molecule has 0 aromatic heterocycles. The summed E-state index contributed by atoms with van der Waals surface area (Å²) in [6, 6.07) is 17.6. The summed E-state index contributed by atoms with van der Waals surface area (Å²) in [6.07, 6.45) is 0.482. The van der Waals surface area contributed by atoms with E-state index >= 15 is 0 Å². The topological polar surface area (TPSA) is 42.1 Å². The molecule has 1 fully saturated rings. The van der Waals surface area contributed by atoms with Crippen molar-refractivity contribution in [3.8, 4) is 0 Å². The summed E-state index contributed by atoms with van der Waals surface area (Å²) in [5.74, 6) is 0.